The van der Waals surface area contributed by atoms with E-state index in [2.05, 4.69) is 15.2 Å². The van der Waals surface area contributed by atoms with E-state index in [1.165, 1.54) is 12.2 Å². The fourth-order valence-electron chi connectivity index (χ4n) is 1.38. The van der Waals surface area contributed by atoms with Crippen LogP contribution in [-0.4, -0.2) is 45.9 Å². The lowest BCUT2D eigenvalue weighted by atomic mass is 10.2. The van der Waals surface area contributed by atoms with Crippen LogP contribution < -0.4 is 5.32 Å². The number of hydrogen-bond acceptors (Lipinski definition) is 5. The van der Waals surface area contributed by atoms with Gasteiger partial charge in [0.05, 0.1) is 19.2 Å². The molecule has 8 nitrogen and oxygen atoms in total. The molecule has 0 spiro atoms. The molecule has 0 unspecified atom stereocenters. The van der Waals surface area contributed by atoms with E-state index in [0.29, 0.717) is 5.69 Å². The van der Waals surface area contributed by atoms with Gasteiger partial charge in [0.25, 0.3) is 0 Å². The number of aryl methyl sites for hydroxylation is 1. The topological polar surface area (TPSA) is 111 Å². The van der Waals surface area contributed by atoms with Crippen molar-refractivity contribution in [2.24, 2.45) is 7.05 Å². The van der Waals surface area contributed by atoms with Crippen LogP contribution in [0.4, 0.5) is 0 Å². The van der Waals surface area contributed by atoms with Gasteiger partial charge in [0.15, 0.2) is 0 Å². The Morgan fingerprint density at radius 3 is 2.75 bits per heavy atom. The van der Waals surface area contributed by atoms with Crippen molar-refractivity contribution in [1.82, 2.24) is 15.1 Å². The summed E-state index contributed by atoms with van der Waals surface area (Å²) in [5.74, 6) is -2.64. The second-order valence-electron chi connectivity index (χ2n) is 3.89. The van der Waals surface area contributed by atoms with Crippen molar-refractivity contribution in [2.45, 2.75) is 12.5 Å². The Balaban J connectivity index is 2.62. The summed E-state index contributed by atoms with van der Waals surface area (Å²) in [7, 11) is 2.85. The van der Waals surface area contributed by atoms with Gasteiger partial charge in [0, 0.05) is 19.3 Å². The van der Waals surface area contributed by atoms with Crippen LogP contribution in [0, 0.1) is 0 Å². The van der Waals surface area contributed by atoms with E-state index in [1.807, 2.05) is 0 Å². The summed E-state index contributed by atoms with van der Waals surface area (Å²) in [6.45, 7) is 0. The van der Waals surface area contributed by atoms with Gasteiger partial charge in [-0.25, -0.2) is 4.79 Å². The summed E-state index contributed by atoms with van der Waals surface area (Å²) in [6.07, 6.45) is 3.79. The minimum Gasteiger partial charge on any atom is -0.480 e. The molecule has 0 bridgehead atoms. The van der Waals surface area contributed by atoms with Gasteiger partial charge in [-0.3, -0.25) is 14.3 Å². The molecular formula is C12H15N3O5. The van der Waals surface area contributed by atoms with E-state index in [0.717, 1.165) is 7.11 Å². The first-order chi connectivity index (χ1) is 9.43. The second-order valence-corrected chi connectivity index (χ2v) is 3.89. The van der Waals surface area contributed by atoms with E-state index in [9.17, 15) is 14.4 Å². The molecule has 1 amide bonds. The lowest BCUT2D eigenvalue weighted by Crippen LogP contribution is -2.41. The number of ether oxygens (including phenoxy) is 1. The molecule has 20 heavy (non-hydrogen) atoms. The summed E-state index contributed by atoms with van der Waals surface area (Å²) >= 11 is 0. The molecule has 1 heterocycles. The fourth-order valence-corrected chi connectivity index (χ4v) is 1.38. The number of amides is 1. The zero-order valence-electron chi connectivity index (χ0n) is 11.1. The first-order valence-corrected chi connectivity index (χ1v) is 5.70. The van der Waals surface area contributed by atoms with Gasteiger partial charge in [0.2, 0.25) is 5.91 Å². The third-order valence-electron chi connectivity index (χ3n) is 2.48. The van der Waals surface area contributed by atoms with Crippen LogP contribution in [-0.2, 0) is 26.2 Å². The molecule has 0 saturated carbocycles. The van der Waals surface area contributed by atoms with Gasteiger partial charge in [-0.15, -0.1) is 0 Å². The minimum absolute atomic E-state index is 0.433. The number of hydrogen-bond donors (Lipinski definition) is 2. The number of carbonyl (C=O) groups excluding carboxylic acids is 2. The molecule has 0 aliphatic carbocycles. The fraction of sp³-hybridized carbons (Fsp3) is 0.333. The highest BCUT2D eigenvalue weighted by molar-refractivity contribution is 5.95. The maximum Gasteiger partial charge on any atom is 0.326 e. The molecule has 8 heteroatoms. The molecule has 0 aliphatic heterocycles. The third kappa shape index (κ3) is 4.56. The maximum absolute atomic E-state index is 11.6. The van der Waals surface area contributed by atoms with Crippen LogP contribution >= 0.6 is 0 Å². The van der Waals surface area contributed by atoms with Crippen molar-refractivity contribution in [1.29, 1.82) is 0 Å². The van der Waals surface area contributed by atoms with E-state index in [1.54, 1.807) is 24.0 Å². The summed E-state index contributed by atoms with van der Waals surface area (Å²) in [4.78, 5) is 33.5. The molecule has 2 N–H and O–H groups in total. The lowest BCUT2D eigenvalue weighted by molar-refractivity contribution is -0.148. The van der Waals surface area contributed by atoms with Crippen LogP contribution in [0.3, 0.4) is 0 Å². The highest BCUT2D eigenvalue weighted by Gasteiger charge is 2.22. The average Bonchev–Trinajstić information content (AvgIpc) is 2.80. The highest BCUT2D eigenvalue weighted by atomic mass is 16.5. The number of rotatable bonds is 6. The normalized spacial score (nSPS) is 12.1. The summed E-state index contributed by atoms with van der Waals surface area (Å²) in [5, 5.41) is 15.0. The molecule has 1 atom stereocenters. The molecular weight excluding hydrogens is 266 g/mol. The van der Waals surface area contributed by atoms with Gasteiger partial charge in [-0.2, -0.15) is 5.10 Å². The molecule has 1 aromatic heterocycles. The second kappa shape index (κ2) is 7.07. The zero-order valence-corrected chi connectivity index (χ0v) is 11.1. The van der Waals surface area contributed by atoms with Crippen molar-refractivity contribution in [2.75, 3.05) is 7.11 Å². The largest absolute Gasteiger partial charge is 0.480 e. The number of carboxylic acids is 1. The van der Waals surface area contributed by atoms with Crippen molar-refractivity contribution in [3.05, 3.63) is 24.0 Å². The summed E-state index contributed by atoms with van der Waals surface area (Å²) < 4.78 is 5.91. The van der Waals surface area contributed by atoms with Crippen molar-refractivity contribution < 1.29 is 24.2 Å². The number of carbonyl (C=O) groups is 3. The van der Waals surface area contributed by atoms with E-state index < -0.39 is 30.3 Å². The monoisotopic (exact) mass is 281 g/mol. The smallest absolute Gasteiger partial charge is 0.326 e. The zero-order chi connectivity index (χ0) is 15.1. The Morgan fingerprint density at radius 2 is 2.25 bits per heavy atom. The quantitative estimate of drug-likeness (QED) is 0.540. The molecule has 0 saturated heterocycles. The minimum atomic E-state index is -1.33. The number of aliphatic carboxylic acids is 1. The number of carboxylic acid groups (broad SMARTS) is 1. The van der Waals surface area contributed by atoms with Crippen LogP contribution in [0.5, 0.6) is 0 Å². The summed E-state index contributed by atoms with van der Waals surface area (Å²) in [5.41, 5.74) is 0.681. The van der Waals surface area contributed by atoms with Crippen molar-refractivity contribution in [3.63, 3.8) is 0 Å². The van der Waals surface area contributed by atoms with E-state index in [-0.39, 0.29) is 0 Å². The van der Waals surface area contributed by atoms with Crippen LogP contribution in [0.2, 0.25) is 0 Å². The number of esters is 1. The van der Waals surface area contributed by atoms with Crippen molar-refractivity contribution in [3.8, 4) is 0 Å². The van der Waals surface area contributed by atoms with Gasteiger partial charge < -0.3 is 15.2 Å². The Labute approximate surface area is 115 Å². The molecule has 0 radical (unpaired) electrons. The van der Waals surface area contributed by atoms with Gasteiger partial charge in [0.1, 0.15) is 6.04 Å². The third-order valence-corrected chi connectivity index (χ3v) is 2.48. The SMILES string of the molecule is COC(=O)C[C@H](NC(=O)C=Cc1ccnn1C)C(=O)O. The van der Waals surface area contributed by atoms with Gasteiger partial charge in [-0.1, -0.05) is 0 Å². The van der Waals surface area contributed by atoms with E-state index >= 15 is 0 Å². The van der Waals surface area contributed by atoms with Crippen LogP contribution in [0.15, 0.2) is 18.3 Å². The molecule has 0 aromatic carbocycles. The number of aromatic nitrogens is 2. The van der Waals surface area contributed by atoms with Gasteiger partial charge in [-0.05, 0) is 12.1 Å². The predicted octanol–water partition coefficient (Wildman–Crippen LogP) is -0.434. The molecule has 1 aromatic rings. The van der Waals surface area contributed by atoms with Crippen molar-refractivity contribution >= 4 is 23.9 Å². The highest BCUT2D eigenvalue weighted by Crippen LogP contribution is 2.00. The van der Waals surface area contributed by atoms with Crippen LogP contribution in [0.25, 0.3) is 6.08 Å². The lowest BCUT2D eigenvalue weighted by Gasteiger charge is -2.11. The maximum atomic E-state index is 11.6. The number of nitrogens with zero attached hydrogens (tertiary/aromatic N) is 2. The van der Waals surface area contributed by atoms with Gasteiger partial charge >= 0.3 is 11.9 Å². The Morgan fingerprint density at radius 1 is 1.55 bits per heavy atom. The molecule has 108 valence electrons. The Hall–Kier alpha value is -2.64. The average molecular weight is 281 g/mol. The first kappa shape index (κ1) is 15.4. The standard InChI is InChI=1S/C12H15N3O5/c1-15-8(5-6-13-15)3-4-10(16)14-9(12(18)19)7-11(17)20-2/h3-6,9H,7H2,1-2H3,(H,14,16)(H,18,19)/t9-/m0/s1. The van der Waals surface area contributed by atoms with Crippen LogP contribution in [0.1, 0.15) is 12.1 Å². The molecule has 0 fully saturated rings. The van der Waals surface area contributed by atoms with E-state index in [4.69, 9.17) is 5.11 Å². The first-order valence-electron chi connectivity index (χ1n) is 5.70. The number of nitrogens with one attached hydrogen (secondary N) is 1. The molecule has 0 aliphatic rings. The molecule has 1 rings (SSSR count). The number of methoxy groups -OCH3 is 1. The Kier molecular flexibility index (Phi) is 5.45. The summed E-state index contributed by atoms with van der Waals surface area (Å²) in [6, 6.07) is 0.360. The predicted molar refractivity (Wildman–Crippen MR) is 68.4 cm³/mol. The Bertz CT molecular complexity index is 535.